The molecule has 1 saturated carbocycles. The van der Waals surface area contributed by atoms with E-state index >= 15 is 0 Å². The van der Waals surface area contributed by atoms with Crippen LogP contribution in [-0.4, -0.2) is 37.1 Å². The van der Waals surface area contributed by atoms with E-state index in [0.717, 1.165) is 22.5 Å². The van der Waals surface area contributed by atoms with Crippen LogP contribution in [0.1, 0.15) is 31.5 Å². The van der Waals surface area contributed by atoms with E-state index < -0.39 is 0 Å². The summed E-state index contributed by atoms with van der Waals surface area (Å²) in [5.41, 5.74) is 0.825. The molecule has 2 heterocycles. The van der Waals surface area contributed by atoms with Crippen LogP contribution in [0, 0.1) is 6.92 Å². The van der Waals surface area contributed by atoms with Crippen molar-refractivity contribution in [2.45, 2.75) is 43.9 Å². The maximum absolute atomic E-state index is 4.42. The number of nitrogens with zero attached hydrogens (tertiary/aromatic N) is 4. The first kappa shape index (κ1) is 12.7. The molecular formula is C13H19N5S. The van der Waals surface area contributed by atoms with E-state index in [1.807, 2.05) is 29.3 Å². The number of hydrogen-bond acceptors (Lipinski definition) is 5. The largest absolute Gasteiger partial charge is 0.364 e. The zero-order valence-corrected chi connectivity index (χ0v) is 12.2. The zero-order chi connectivity index (χ0) is 13.2. The molecule has 1 N–H and O–H groups in total. The summed E-state index contributed by atoms with van der Waals surface area (Å²) in [6.45, 7) is 1.95. The highest BCUT2D eigenvalue weighted by Crippen LogP contribution is 2.29. The van der Waals surface area contributed by atoms with E-state index in [1.54, 1.807) is 6.20 Å². The van der Waals surface area contributed by atoms with Gasteiger partial charge in [-0.25, -0.2) is 4.98 Å². The van der Waals surface area contributed by atoms with E-state index in [4.69, 9.17) is 0 Å². The molecule has 1 aliphatic rings. The second-order valence-corrected chi connectivity index (χ2v) is 6.22. The molecule has 0 radical (unpaired) electrons. The molecule has 1 fully saturated rings. The summed E-state index contributed by atoms with van der Waals surface area (Å²) in [6.07, 6.45) is 11.0. The predicted octanol–water partition coefficient (Wildman–Crippen LogP) is 2.52. The number of aromatic nitrogens is 4. The average Bonchev–Trinajstić information content (AvgIpc) is 2.82. The summed E-state index contributed by atoms with van der Waals surface area (Å²) in [4.78, 5) is 4.42. The molecule has 5 nitrogen and oxygen atoms in total. The fourth-order valence-corrected chi connectivity index (χ4v) is 3.55. The van der Waals surface area contributed by atoms with Gasteiger partial charge in [-0.3, -0.25) is 4.40 Å². The lowest BCUT2D eigenvalue weighted by Gasteiger charge is -2.28. The molecular weight excluding hydrogens is 258 g/mol. The molecule has 2 unspecified atom stereocenters. The van der Waals surface area contributed by atoms with Crippen LogP contribution in [0.5, 0.6) is 0 Å². The maximum atomic E-state index is 4.42. The molecule has 19 heavy (non-hydrogen) atoms. The van der Waals surface area contributed by atoms with Crippen LogP contribution in [-0.2, 0) is 0 Å². The summed E-state index contributed by atoms with van der Waals surface area (Å²) in [5, 5.41) is 12.6. The van der Waals surface area contributed by atoms with Crippen LogP contribution in [0.25, 0.3) is 5.65 Å². The Kier molecular flexibility index (Phi) is 3.59. The molecule has 1 aliphatic carbocycles. The van der Waals surface area contributed by atoms with Gasteiger partial charge in [0.15, 0.2) is 5.82 Å². The topological polar surface area (TPSA) is 55.1 Å². The monoisotopic (exact) mass is 277 g/mol. The number of aryl methyl sites for hydroxylation is 1. The molecule has 3 rings (SSSR count). The highest BCUT2D eigenvalue weighted by molar-refractivity contribution is 7.99. The lowest BCUT2D eigenvalue weighted by Crippen LogP contribution is -2.29. The SMILES string of the molecule is CSC1CCCC(Nc2nccn3c(C)nnc23)C1. The van der Waals surface area contributed by atoms with Gasteiger partial charge >= 0.3 is 0 Å². The smallest absolute Gasteiger partial charge is 0.203 e. The number of nitrogens with one attached hydrogen (secondary N) is 1. The molecule has 102 valence electrons. The minimum absolute atomic E-state index is 0.502. The third-order valence-electron chi connectivity index (χ3n) is 3.80. The van der Waals surface area contributed by atoms with Crippen molar-refractivity contribution in [3.8, 4) is 0 Å². The van der Waals surface area contributed by atoms with E-state index in [9.17, 15) is 0 Å². The summed E-state index contributed by atoms with van der Waals surface area (Å²) in [7, 11) is 0. The quantitative estimate of drug-likeness (QED) is 0.934. The summed E-state index contributed by atoms with van der Waals surface area (Å²) in [5.74, 6) is 1.75. The van der Waals surface area contributed by atoms with Gasteiger partial charge in [0.25, 0.3) is 0 Å². The standard InChI is InChI=1S/C13H19N5S/c1-9-16-17-13-12(14-6-7-18(9)13)15-10-4-3-5-11(8-10)19-2/h6-7,10-11H,3-5,8H2,1-2H3,(H,14,15). The Labute approximate surface area is 117 Å². The molecule has 0 aliphatic heterocycles. The number of hydrogen-bond donors (Lipinski definition) is 1. The molecule has 0 spiro atoms. The van der Waals surface area contributed by atoms with Gasteiger partial charge in [0, 0.05) is 23.7 Å². The number of fused-ring (bicyclic) bond motifs is 1. The van der Waals surface area contributed by atoms with Crippen molar-refractivity contribution in [2.24, 2.45) is 0 Å². The first-order valence-electron chi connectivity index (χ1n) is 6.73. The Balaban J connectivity index is 1.81. The molecule has 0 amide bonds. The van der Waals surface area contributed by atoms with Crippen molar-refractivity contribution in [1.29, 1.82) is 0 Å². The molecule has 0 aromatic carbocycles. The van der Waals surface area contributed by atoms with Crippen molar-refractivity contribution in [2.75, 3.05) is 11.6 Å². The minimum atomic E-state index is 0.502. The van der Waals surface area contributed by atoms with Gasteiger partial charge < -0.3 is 5.32 Å². The van der Waals surface area contributed by atoms with Gasteiger partial charge in [0.2, 0.25) is 5.65 Å². The number of anilines is 1. The molecule has 2 aromatic rings. The lowest BCUT2D eigenvalue weighted by molar-refractivity contribution is 0.473. The fourth-order valence-electron chi connectivity index (χ4n) is 2.73. The number of rotatable bonds is 3. The molecule has 2 aromatic heterocycles. The third kappa shape index (κ3) is 2.54. The van der Waals surface area contributed by atoms with Crippen LogP contribution < -0.4 is 5.32 Å². The Morgan fingerprint density at radius 2 is 2.26 bits per heavy atom. The van der Waals surface area contributed by atoms with Crippen molar-refractivity contribution < 1.29 is 0 Å². The van der Waals surface area contributed by atoms with Crippen LogP contribution in [0.3, 0.4) is 0 Å². The first-order chi connectivity index (χ1) is 9.28. The van der Waals surface area contributed by atoms with Crippen molar-refractivity contribution >= 4 is 23.2 Å². The van der Waals surface area contributed by atoms with E-state index in [1.165, 1.54) is 25.7 Å². The highest BCUT2D eigenvalue weighted by atomic mass is 32.2. The van der Waals surface area contributed by atoms with Crippen molar-refractivity contribution in [3.05, 3.63) is 18.2 Å². The van der Waals surface area contributed by atoms with Gasteiger partial charge in [-0.1, -0.05) is 6.42 Å². The Morgan fingerprint density at radius 1 is 1.37 bits per heavy atom. The maximum Gasteiger partial charge on any atom is 0.203 e. The van der Waals surface area contributed by atoms with Gasteiger partial charge in [0.05, 0.1) is 0 Å². The Bertz CT molecular complexity index is 567. The Hall–Kier alpha value is -1.30. The van der Waals surface area contributed by atoms with E-state index in [-0.39, 0.29) is 0 Å². The molecule has 6 heteroatoms. The van der Waals surface area contributed by atoms with Crippen LogP contribution in [0.4, 0.5) is 5.82 Å². The highest BCUT2D eigenvalue weighted by Gasteiger charge is 2.22. The van der Waals surface area contributed by atoms with Gasteiger partial charge in [-0.05, 0) is 32.4 Å². The minimum Gasteiger partial charge on any atom is -0.364 e. The molecule has 0 bridgehead atoms. The van der Waals surface area contributed by atoms with Crippen LogP contribution in [0.15, 0.2) is 12.4 Å². The summed E-state index contributed by atoms with van der Waals surface area (Å²) >= 11 is 1.97. The lowest BCUT2D eigenvalue weighted by atomic mass is 9.95. The fraction of sp³-hybridized carbons (Fsp3) is 0.615. The first-order valence-corrected chi connectivity index (χ1v) is 8.02. The second kappa shape index (κ2) is 5.36. The van der Waals surface area contributed by atoms with Crippen LogP contribution >= 0.6 is 11.8 Å². The Morgan fingerprint density at radius 3 is 3.11 bits per heavy atom. The summed E-state index contributed by atoms with van der Waals surface area (Å²) < 4.78 is 1.98. The predicted molar refractivity (Wildman–Crippen MR) is 78.7 cm³/mol. The number of thioether (sulfide) groups is 1. The zero-order valence-electron chi connectivity index (χ0n) is 11.3. The van der Waals surface area contributed by atoms with Crippen molar-refractivity contribution in [1.82, 2.24) is 19.6 Å². The van der Waals surface area contributed by atoms with E-state index in [2.05, 4.69) is 26.8 Å². The van der Waals surface area contributed by atoms with Crippen LogP contribution in [0.2, 0.25) is 0 Å². The normalized spacial score (nSPS) is 23.7. The van der Waals surface area contributed by atoms with Gasteiger partial charge in [-0.15, -0.1) is 10.2 Å². The van der Waals surface area contributed by atoms with E-state index in [0.29, 0.717) is 6.04 Å². The van der Waals surface area contributed by atoms with Gasteiger partial charge in [0.1, 0.15) is 5.82 Å². The average molecular weight is 277 g/mol. The molecule has 2 atom stereocenters. The van der Waals surface area contributed by atoms with Crippen molar-refractivity contribution in [3.63, 3.8) is 0 Å². The third-order valence-corrected chi connectivity index (χ3v) is 4.89. The molecule has 0 saturated heterocycles. The van der Waals surface area contributed by atoms with Gasteiger partial charge in [-0.2, -0.15) is 11.8 Å². The second-order valence-electron chi connectivity index (χ2n) is 5.08. The summed E-state index contributed by atoms with van der Waals surface area (Å²) in [6, 6.07) is 0.502.